The molecule has 13 heavy (non-hydrogen) atoms. The molecule has 0 aliphatic carbocycles. The lowest BCUT2D eigenvalue weighted by Crippen LogP contribution is -1.89. The average molecular weight is 273 g/mol. The third-order valence-corrected chi connectivity index (χ3v) is 2.86. The largest absolute Gasteiger partial charge is 0.393 e. The van der Waals surface area contributed by atoms with E-state index in [4.69, 9.17) is 4.89 Å². The quantitative estimate of drug-likeness (QED) is 0.539. The molecule has 1 N–H and O–H groups in total. The van der Waals surface area contributed by atoms with Gasteiger partial charge in [-0.1, -0.05) is 39.0 Å². The van der Waals surface area contributed by atoms with E-state index in [1.807, 2.05) is 0 Å². The second-order valence-corrected chi connectivity index (χ2v) is 6.90. The highest BCUT2D eigenvalue weighted by atomic mass is 79.9. The van der Waals surface area contributed by atoms with Crippen LogP contribution >= 0.6 is 21.8 Å². The van der Waals surface area contributed by atoms with E-state index in [1.54, 1.807) is 0 Å². The van der Waals surface area contributed by atoms with E-state index in [-0.39, 0.29) is 0 Å². The van der Waals surface area contributed by atoms with Crippen LogP contribution in [0, 0.1) is 0 Å². The number of halogens is 1. The van der Waals surface area contributed by atoms with Gasteiger partial charge in [-0.25, -0.2) is 4.57 Å². The van der Waals surface area contributed by atoms with Crippen LogP contribution in [-0.2, 0) is 9.09 Å². The second-order valence-electron chi connectivity index (χ2n) is 3.05. The lowest BCUT2D eigenvalue weighted by Gasteiger charge is -2.04. The van der Waals surface area contributed by atoms with Crippen LogP contribution in [0.3, 0.4) is 0 Å². The van der Waals surface area contributed by atoms with Gasteiger partial charge in [0.25, 0.3) is 0 Å². The predicted octanol–water partition coefficient (Wildman–Crippen LogP) is 3.86. The molecule has 0 saturated heterocycles. The molecule has 0 aromatic rings. The van der Waals surface area contributed by atoms with Crippen molar-refractivity contribution in [2.45, 2.75) is 45.4 Å². The van der Waals surface area contributed by atoms with Gasteiger partial charge >= 0.3 is 6.30 Å². The molecule has 0 saturated carbocycles. The molecule has 0 bridgehead atoms. The zero-order chi connectivity index (χ0) is 10.2. The van der Waals surface area contributed by atoms with Crippen molar-refractivity contribution in [1.82, 2.24) is 0 Å². The minimum atomic E-state index is -3.41. The topological polar surface area (TPSA) is 46.5 Å². The van der Waals surface area contributed by atoms with Crippen molar-refractivity contribution >= 4 is 21.8 Å². The number of hydrogen-bond acceptors (Lipinski definition) is 2. The van der Waals surface area contributed by atoms with Crippen LogP contribution in [0.1, 0.15) is 45.4 Å². The zero-order valence-corrected chi connectivity index (χ0v) is 10.5. The van der Waals surface area contributed by atoms with E-state index in [2.05, 4.69) is 26.9 Å². The zero-order valence-electron chi connectivity index (χ0n) is 8.04. The first kappa shape index (κ1) is 13.6. The highest BCUT2D eigenvalue weighted by Gasteiger charge is 2.11. The fourth-order valence-corrected chi connectivity index (χ4v) is 1.85. The van der Waals surface area contributed by atoms with E-state index in [0.29, 0.717) is 6.61 Å². The summed E-state index contributed by atoms with van der Waals surface area (Å²) in [4.78, 5) is 8.71. The number of rotatable bonds is 8. The Morgan fingerprint density at radius 3 is 2.31 bits per heavy atom. The van der Waals surface area contributed by atoms with Crippen molar-refractivity contribution in [2.75, 3.05) is 6.61 Å². The van der Waals surface area contributed by atoms with E-state index >= 15 is 0 Å². The maximum absolute atomic E-state index is 10.6. The molecule has 0 fully saturated rings. The van der Waals surface area contributed by atoms with E-state index in [1.165, 1.54) is 25.7 Å². The summed E-state index contributed by atoms with van der Waals surface area (Å²) in [7, 11) is 0. The van der Waals surface area contributed by atoms with Crippen molar-refractivity contribution < 1.29 is 14.0 Å². The van der Waals surface area contributed by atoms with Crippen molar-refractivity contribution in [3.8, 4) is 0 Å². The minimum absolute atomic E-state index is 0.366. The summed E-state index contributed by atoms with van der Waals surface area (Å²) in [6, 6.07) is 0. The molecular weight excluding hydrogens is 255 g/mol. The Bertz CT molecular complexity index is 157. The first-order valence-electron chi connectivity index (χ1n) is 4.73. The van der Waals surface area contributed by atoms with Gasteiger partial charge in [-0.2, -0.15) is 0 Å². The van der Waals surface area contributed by atoms with Gasteiger partial charge in [0, 0.05) is 15.5 Å². The van der Waals surface area contributed by atoms with Gasteiger partial charge in [-0.05, 0) is 6.42 Å². The van der Waals surface area contributed by atoms with Crippen LogP contribution in [-0.4, -0.2) is 11.5 Å². The third-order valence-electron chi connectivity index (χ3n) is 1.75. The molecule has 0 aliphatic rings. The summed E-state index contributed by atoms with van der Waals surface area (Å²) >= 11 is 2.56. The number of unbranched alkanes of at least 4 members (excludes halogenated alkanes) is 5. The normalized spacial score (nSPS) is 15.6. The number of hydrogen-bond donors (Lipinski definition) is 1. The fourth-order valence-electron chi connectivity index (χ4n) is 1.06. The first-order chi connectivity index (χ1) is 6.06. The standard InChI is InChI=1S/C8H18BrO3P/c1-2-3-4-5-6-7-8-12-13(9,10)11/h2-8H2,1H3,(H,10,11). The maximum atomic E-state index is 10.6. The molecule has 0 spiro atoms. The van der Waals surface area contributed by atoms with Crippen LogP contribution in [0.5, 0.6) is 0 Å². The van der Waals surface area contributed by atoms with Crippen molar-refractivity contribution in [3.63, 3.8) is 0 Å². The summed E-state index contributed by atoms with van der Waals surface area (Å²) in [5, 5.41) is 0. The van der Waals surface area contributed by atoms with E-state index in [9.17, 15) is 4.57 Å². The Labute approximate surface area is 88.1 Å². The van der Waals surface area contributed by atoms with Gasteiger partial charge in [0.1, 0.15) is 0 Å². The van der Waals surface area contributed by atoms with Gasteiger partial charge < -0.3 is 9.42 Å². The second kappa shape index (κ2) is 7.98. The third kappa shape index (κ3) is 12.6. The summed E-state index contributed by atoms with van der Waals surface area (Å²) in [5.41, 5.74) is 0. The predicted molar refractivity (Wildman–Crippen MR) is 58.1 cm³/mol. The van der Waals surface area contributed by atoms with Crippen LogP contribution in [0.4, 0.5) is 0 Å². The van der Waals surface area contributed by atoms with Gasteiger partial charge in [0.05, 0.1) is 6.61 Å². The Balaban J connectivity index is 3.04. The van der Waals surface area contributed by atoms with Crippen LogP contribution in [0.2, 0.25) is 0 Å². The van der Waals surface area contributed by atoms with Gasteiger partial charge in [-0.3, -0.25) is 0 Å². The van der Waals surface area contributed by atoms with Crippen molar-refractivity contribution in [3.05, 3.63) is 0 Å². The molecule has 0 heterocycles. The molecule has 0 radical (unpaired) electrons. The molecule has 0 rings (SSSR count). The summed E-state index contributed by atoms with van der Waals surface area (Å²) in [6.45, 7) is 2.54. The molecule has 1 atom stereocenters. The highest BCUT2D eigenvalue weighted by molar-refractivity contribution is 9.39. The fraction of sp³-hybridized carbons (Fsp3) is 1.00. The van der Waals surface area contributed by atoms with Gasteiger partial charge in [0.2, 0.25) is 0 Å². The summed E-state index contributed by atoms with van der Waals surface area (Å²) in [5.74, 6) is 0. The van der Waals surface area contributed by atoms with Crippen molar-refractivity contribution in [2.24, 2.45) is 0 Å². The van der Waals surface area contributed by atoms with E-state index < -0.39 is 6.30 Å². The maximum Gasteiger partial charge on any atom is 0.393 e. The monoisotopic (exact) mass is 272 g/mol. The molecule has 5 heteroatoms. The lowest BCUT2D eigenvalue weighted by molar-refractivity contribution is 0.269. The Morgan fingerprint density at radius 1 is 1.23 bits per heavy atom. The average Bonchev–Trinajstić information content (AvgIpc) is 2.01. The van der Waals surface area contributed by atoms with Crippen molar-refractivity contribution in [1.29, 1.82) is 0 Å². The Kier molecular flexibility index (Phi) is 8.37. The summed E-state index contributed by atoms with van der Waals surface area (Å²) in [6.07, 6.45) is 3.48. The first-order valence-corrected chi connectivity index (χ1v) is 8.33. The van der Waals surface area contributed by atoms with Crippen LogP contribution in [0.25, 0.3) is 0 Å². The molecule has 80 valence electrons. The Hall–Kier alpha value is 0.630. The smallest absolute Gasteiger partial charge is 0.316 e. The molecule has 0 amide bonds. The minimum Gasteiger partial charge on any atom is -0.316 e. The lowest BCUT2D eigenvalue weighted by atomic mass is 10.1. The molecule has 0 aliphatic heterocycles. The molecular formula is C8H18BrO3P. The molecule has 0 aromatic heterocycles. The molecule has 0 aromatic carbocycles. The van der Waals surface area contributed by atoms with Crippen LogP contribution < -0.4 is 0 Å². The van der Waals surface area contributed by atoms with Gasteiger partial charge in [-0.15, -0.1) is 0 Å². The van der Waals surface area contributed by atoms with Gasteiger partial charge in [0.15, 0.2) is 0 Å². The van der Waals surface area contributed by atoms with Crippen LogP contribution in [0.15, 0.2) is 0 Å². The van der Waals surface area contributed by atoms with E-state index in [0.717, 1.165) is 12.8 Å². The Morgan fingerprint density at radius 2 is 1.77 bits per heavy atom. The highest BCUT2D eigenvalue weighted by Crippen LogP contribution is 2.50. The SMILES string of the molecule is CCCCCCCCOP(=O)(O)Br. The summed E-state index contributed by atoms with van der Waals surface area (Å²) < 4.78 is 15.3. The molecule has 3 nitrogen and oxygen atoms in total. The molecule has 1 unspecified atom stereocenters.